The minimum absolute atomic E-state index is 0. The molecule has 2 amide bonds. The maximum Gasteiger partial charge on any atom is 1.00 e. The molecule has 1 heterocycles. The molecule has 1 aliphatic rings. The molecule has 0 spiro atoms. The zero-order valence-corrected chi connectivity index (χ0v) is 16.7. The molecule has 5 heteroatoms. The summed E-state index contributed by atoms with van der Waals surface area (Å²) < 4.78 is 0. The molecule has 0 bridgehead atoms. The molecule has 0 saturated carbocycles. The van der Waals surface area contributed by atoms with Crippen molar-refractivity contribution in [2.24, 2.45) is 0 Å². The zero-order chi connectivity index (χ0) is 15.2. The number of carbonyl (C=O) groups is 1. The third kappa shape index (κ3) is 5.71. The second-order valence-corrected chi connectivity index (χ2v) is 5.47. The summed E-state index contributed by atoms with van der Waals surface area (Å²) in [7, 11) is 0. The maximum absolute atomic E-state index is 12.2. The molecule has 0 radical (unpaired) electrons. The molecular weight excluding hydrogens is 313 g/mol. The van der Waals surface area contributed by atoms with Crippen molar-refractivity contribution < 1.29 is 56.2 Å². The Balaban J connectivity index is 0.00000192. The van der Waals surface area contributed by atoms with Crippen molar-refractivity contribution in [2.75, 3.05) is 31.5 Å². The fourth-order valence-corrected chi connectivity index (χ4v) is 2.62. The molecule has 3 rings (SSSR count). The van der Waals surface area contributed by atoms with E-state index in [2.05, 4.69) is 40.5 Å². The molecule has 2 aromatic carbocycles. The number of nitrogens with zero attached hydrogens (tertiary/aromatic N) is 2. The summed E-state index contributed by atoms with van der Waals surface area (Å²) in [6.07, 6.45) is 0. The molecule has 4 nitrogen and oxygen atoms in total. The first kappa shape index (κ1) is 18.6. The first-order valence-corrected chi connectivity index (χ1v) is 7.59. The number of piperazine rings is 1. The van der Waals surface area contributed by atoms with Gasteiger partial charge >= 0.3 is 57.4 Å². The van der Waals surface area contributed by atoms with E-state index in [1.165, 1.54) is 5.56 Å². The monoisotopic (exact) mass is 333 g/mol. The van der Waals surface area contributed by atoms with Crippen LogP contribution in [0.4, 0.5) is 10.5 Å². The minimum Gasteiger partial charge on any atom is -0.331 e. The van der Waals surface area contributed by atoms with E-state index in [0.29, 0.717) is 0 Å². The second-order valence-electron chi connectivity index (χ2n) is 5.47. The third-order valence-electron chi connectivity index (χ3n) is 3.88. The Bertz CT molecular complexity index is 598. The Labute approximate surface area is 180 Å². The van der Waals surface area contributed by atoms with E-state index in [1.807, 2.05) is 23.1 Å². The molecule has 2 aromatic rings. The normalized spacial score (nSPS) is 14.9. The molecule has 0 aromatic heterocycles. The average Bonchev–Trinajstić information content (AvgIpc) is 2.57. The predicted molar refractivity (Wildman–Crippen MR) is 87.6 cm³/mol. The van der Waals surface area contributed by atoms with Crippen molar-refractivity contribution in [1.29, 1.82) is 0 Å². The van der Waals surface area contributed by atoms with E-state index in [9.17, 15) is 4.79 Å². The Morgan fingerprint density at radius 2 is 1.65 bits per heavy atom. The molecule has 0 atom stereocenters. The Morgan fingerprint density at radius 1 is 1.00 bits per heavy atom. The van der Waals surface area contributed by atoms with E-state index >= 15 is 0 Å². The van der Waals surface area contributed by atoms with Crippen LogP contribution < -0.4 is 56.7 Å². The van der Waals surface area contributed by atoms with Crippen LogP contribution in [0.15, 0.2) is 54.6 Å². The number of hydrogen-bond donors (Lipinski definition) is 1. The van der Waals surface area contributed by atoms with Crippen molar-refractivity contribution in [3.63, 3.8) is 0 Å². The van der Waals surface area contributed by atoms with Crippen LogP contribution in [-0.2, 0) is 6.54 Å². The Morgan fingerprint density at radius 3 is 2.30 bits per heavy atom. The van der Waals surface area contributed by atoms with E-state index in [0.717, 1.165) is 38.4 Å². The van der Waals surface area contributed by atoms with Gasteiger partial charge in [0.1, 0.15) is 0 Å². The molecule has 1 N–H and O–H groups in total. The van der Waals surface area contributed by atoms with Crippen molar-refractivity contribution in [3.05, 3.63) is 66.2 Å². The van der Waals surface area contributed by atoms with Gasteiger partial charge in [0.2, 0.25) is 0 Å². The van der Waals surface area contributed by atoms with Crippen molar-refractivity contribution in [3.8, 4) is 0 Å². The number of amides is 2. The van der Waals surface area contributed by atoms with Gasteiger partial charge in [0.05, 0.1) is 0 Å². The summed E-state index contributed by atoms with van der Waals surface area (Å²) in [5, 5.41) is 2.92. The van der Waals surface area contributed by atoms with Crippen molar-refractivity contribution in [1.82, 2.24) is 9.80 Å². The summed E-state index contributed by atoms with van der Waals surface area (Å²) in [5.74, 6) is 0. The quantitative estimate of drug-likeness (QED) is 0.626. The van der Waals surface area contributed by atoms with Crippen LogP contribution in [0.3, 0.4) is 0 Å². The molecule has 1 saturated heterocycles. The second kappa shape index (κ2) is 9.57. The number of hydrogen-bond acceptors (Lipinski definition) is 2. The fraction of sp³-hybridized carbons (Fsp3) is 0.278. The third-order valence-corrected chi connectivity index (χ3v) is 3.88. The fourth-order valence-electron chi connectivity index (χ4n) is 2.62. The molecular formula is C18H20KN3O. The van der Waals surface area contributed by atoms with Crippen LogP contribution in [-0.4, -0.2) is 42.0 Å². The standard InChI is InChI=1S/C18H20N3O.K/c22-18(19-17-9-5-2-6-10-17)21-13-11-20(12-14-21)15-16-7-3-1-4-8-16;/h1,3-10H,11-15H2,(H,19,22);/q-1;+1. The molecule has 1 aliphatic heterocycles. The van der Waals surface area contributed by atoms with Gasteiger partial charge in [0, 0.05) is 32.7 Å². The molecule has 1 fully saturated rings. The number of urea groups is 1. The first-order chi connectivity index (χ1) is 10.8. The van der Waals surface area contributed by atoms with E-state index in [-0.39, 0.29) is 57.4 Å². The number of nitrogens with one attached hydrogen (secondary N) is 1. The minimum atomic E-state index is -0.0226. The van der Waals surface area contributed by atoms with Crippen LogP contribution in [0.2, 0.25) is 0 Å². The number of carbonyl (C=O) groups excluding carboxylic acids is 1. The number of rotatable bonds is 3. The van der Waals surface area contributed by atoms with Crippen molar-refractivity contribution in [2.45, 2.75) is 6.54 Å². The van der Waals surface area contributed by atoms with Gasteiger partial charge in [-0.25, -0.2) is 4.79 Å². The Hall–Kier alpha value is -0.694. The average molecular weight is 333 g/mol. The van der Waals surface area contributed by atoms with Gasteiger partial charge in [-0.2, -0.15) is 18.2 Å². The van der Waals surface area contributed by atoms with E-state index < -0.39 is 0 Å². The smallest absolute Gasteiger partial charge is 0.331 e. The number of benzene rings is 2. The molecule has 0 unspecified atom stereocenters. The van der Waals surface area contributed by atoms with Gasteiger partial charge in [-0.05, 0) is 5.56 Å². The zero-order valence-electron chi connectivity index (χ0n) is 13.5. The predicted octanol–water partition coefficient (Wildman–Crippen LogP) is -0.160. The summed E-state index contributed by atoms with van der Waals surface area (Å²) in [6, 6.07) is 20.7. The van der Waals surface area contributed by atoms with Gasteiger partial charge in [0.25, 0.3) is 0 Å². The van der Waals surface area contributed by atoms with Crippen LogP contribution in [0.25, 0.3) is 0 Å². The van der Waals surface area contributed by atoms with Crippen LogP contribution in [0.5, 0.6) is 0 Å². The molecule has 23 heavy (non-hydrogen) atoms. The van der Waals surface area contributed by atoms with Crippen LogP contribution >= 0.6 is 0 Å². The number of anilines is 1. The van der Waals surface area contributed by atoms with Gasteiger partial charge in [-0.3, -0.25) is 4.90 Å². The molecule has 0 aliphatic carbocycles. The van der Waals surface area contributed by atoms with Crippen LogP contribution in [0, 0.1) is 6.07 Å². The first-order valence-electron chi connectivity index (χ1n) is 7.59. The van der Waals surface area contributed by atoms with Gasteiger partial charge < -0.3 is 10.2 Å². The summed E-state index contributed by atoms with van der Waals surface area (Å²) in [5.41, 5.74) is 2.14. The topological polar surface area (TPSA) is 35.6 Å². The van der Waals surface area contributed by atoms with E-state index in [4.69, 9.17) is 0 Å². The van der Waals surface area contributed by atoms with Crippen LogP contribution in [0.1, 0.15) is 5.56 Å². The molecule has 114 valence electrons. The van der Waals surface area contributed by atoms with Gasteiger partial charge in [-0.1, -0.05) is 36.0 Å². The Kier molecular flexibility index (Phi) is 7.75. The van der Waals surface area contributed by atoms with Crippen molar-refractivity contribution >= 4 is 11.7 Å². The maximum atomic E-state index is 12.2. The summed E-state index contributed by atoms with van der Waals surface area (Å²) in [6.45, 7) is 4.29. The summed E-state index contributed by atoms with van der Waals surface area (Å²) in [4.78, 5) is 16.5. The van der Waals surface area contributed by atoms with E-state index in [1.54, 1.807) is 12.1 Å². The largest absolute Gasteiger partial charge is 1.00 e. The van der Waals surface area contributed by atoms with Gasteiger partial charge in [-0.15, -0.1) is 12.1 Å². The summed E-state index contributed by atoms with van der Waals surface area (Å²) >= 11 is 0. The van der Waals surface area contributed by atoms with Gasteiger partial charge in [0.15, 0.2) is 0 Å². The SMILES string of the molecule is O=C(Nc1cc[c-]cc1)N1CCN(Cc2ccccc2)CC1.[K+].